The molecule has 2 aromatic heterocycles. The van der Waals surface area contributed by atoms with Crippen LogP contribution < -0.4 is 10.2 Å². The number of aryl methyl sites for hydroxylation is 1. The van der Waals surface area contributed by atoms with E-state index >= 15 is 0 Å². The number of nitrogens with zero attached hydrogens (tertiary/aromatic N) is 5. The lowest BCUT2D eigenvalue weighted by molar-refractivity contribution is -0.141. The summed E-state index contributed by atoms with van der Waals surface area (Å²) in [7, 11) is 3.99. The molecule has 2 amide bonds. The molecule has 1 aliphatic heterocycles. The SMILES string of the molecule is CCOC(=O)CNC(=O)N1Cc2c(C)nn(-c3ccccc3)c2-n2cccc2[C@H]1c1ccc(N(C)C)cc1. The molecular weight excluding hydrogens is 480 g/mol. The Morgan fingerprint density at radius 3 is 2.47 bits per heavy atom. The van der Waals surface area contributed by atoms with Crippen molar-refractivity contribution in [2.75, 3.05) is 32.1 Å². The first-order valence-electron chi connectivity index (χ1n) is 12.7. The molecule has 0 spiro atoms. The molecule has 0 bridgehead atoms. The number of ether oxygens (including phenoxy) is 1. The third-order valence-corrected chi connectivity index (χ3v) is 6.76. The van der Waals surface area contributed by atoms with Crippen molar-refractivity contribution in [2.24, 2.45) is 0 Å². The molecule has 38 heavy (non-hydrogen) atoms. The molecule has 3 heterocycles. The first-order valence-corrected chi connectivity index (χ1v) is 12.7. The summed E-state index contributed by atoms with van der Waals surface area (Å²) in [5, 5.41) is 7.64. The first-order chi connectivity index (χ1) is 18.4. The number of anilines is 1. The van der Waals surface area contributed by atoms with Crippen LogP contribution in [0, 0.1) is 6.92 Å². The maximum absolute atomic E-state index is 13.7. The van der Waals surface area contributed by atoms with Crippen molar-refractivity contribution in [1.29, 1.82) is 0 Å². The number of benzene rings is 2. The highest BCUT2D eigenvalue weighted by atomic mass is 16.5. The predicted molar refractivity (Wildman–Crippen MR) is 146 cm³/mol. The van der Waals surface area contributed by atoms with Crippen molar-refractivity contribution in [3.8, 4) is 11.5 Å². The van der Waals surface area contributed by atoms with E-state index in [1.807, 2.05) is 91.4 Å². The number of para-hydroxylation sites is 1. The van der Waals surface area contributed by atoms with Crippen LogP contribution in [0.1, 0.15) is 35.5 Å². The highest BCUT2D eigenvalue weighted by molar-refractivity contribution is 5.81. The normalized spacial score (nSPS) is 14.3. The molecule has 0 fully saturated rings. The Kier molecular flexibility index (Phi) is 6.91. The van der Waals surface area contributed by atoms with Crippen molar-refractivity contribution >= 4 is 17.7 Å². The van der Waals surface area contributed by atoms with Gasteiger partial charge in [0.25, 0.3) is 0 Å². The van der Waals surface area contributed by atoms with Gasteiger partial charge in [-0.2, -0.15) is 5.10 Å². The Hall–Kier alpha value is -4.53. The van der Waals surface area contributed by atoms with E-state index < -0.39 is 12.0 Å². The third kappa shape index (κ3) is 4.63. The van der Waals surface area contributed by atoms with Crippen LogP contribution in [0.2, 0.25) is 0 Å². The Morgan fingerprint density at radius 2 is 1.79 bits per heavy atom. The second kappa shape index (κ2) is 10.5. The first kappa shape index (κ1) is 25.1. The summed E-state index contributed by atoms with van der Waals surface area (Å²) >= 11 is 0. The fourth-order valence-electron chi connectivity index (χ4n) is 4.92. The van der Waals surface area contributed by atoms with Gasteiger partial charge < -0.3 is 24.4 Å². The van der Waals surface area contributed by atoms with E-state index in [4.69, 9.17) is 9.84 Å². The highest BCUT2D eigenvalue weighted by Gasteiger charge is 2.36. The summed E-state index contributed by atoms with van der Waals surface area (Å²) in [5.41, 5.74) is 5.65. The van der Waals surface area contributed by atoms with E-state index in [-0.39, 0.29) is 19.2 Å². The summed E-state index contributed by atoms with van der Waals surface area (Å²) in [6.07, 6.45) is 2.01. The number of esters is 1. The van der Waals surface area contributed by atoms with Crippen LogP contribution in [-0.2, 0) is 16.1 Å². The lowest BCUT2D eigenvalue weighted by Gasteiger charge is -2.31. The van der Waals surface area contributed by atoms with Gasteiger partial charge in [0.1, 0.15) is 12.4 Å². The van der Waals surface area contributed by atoms with Crippen LogP contribution in [-0.4, -0.2) is 58.5 Å². The van der Waals surface area contributed by atoms with Gasteiger partial charge in [0.05, 0.1) is 36.3 Å². The number of urea groups is 1. The zero-order valence-electron chi connectivity index (χ0n) is 22.1. The average Bonchev–Trinajstić information content (AvgIpc) is 3.48. The van der Waals surface area contributed by atoms with Crippen molar-refractivity contribution < 1.29 is 14.3 Å². The molecule has 196 valence electrons. The van der Waals surface area contributed by atoms with Gasteiger partial charge in [0, 0.05) is 31.5 Å². The zero-order valence-corrected chi connectivity index (χ0v) is 22.1. The topological polar surface area (TPSA) is 84.6 Å². The van der Waals surface area contributed by atoms with E-state index in [1.165, 1.54) is 0 Å². The molecular formula is C29H32N6O3. The van der Waals surface area contributed by atoms with Gasteiger partial charge >= 0.3 is 12.0 Å². The van der Waals surface area contributed by atoms with Gasteiger partial charge in [-0.05, 0) is 55.8 Å². The highest BCUT2D eigenvalue weighted by Crippen LogP contribution is 2.38. The Bertz CT molecular complexity index is 1440. The number of aromatic nitrogens is 3. The Balaban J connectivity index is 1.64. The molecule has 0 saturated carbocycles. The van der Waals surface area contributed by atoms with E-state index in [0.29, 0.717) is 6.54 Å². The summed E-state index contributed by atoms with van der Waals surface area (Å²) < 4.78 is 9.08. The Labute approximate surface area is 222 Å². The molecule has 1 atom stereocenters. The van der Waals surface area contributed by atoms with Crippen molar-refractivity contribution in [3.05, 3.63) is 95.4 Å². The van der Waals surface area contributed by atoms with Crippen LogP contribution in [0.3, 0.4) is 0 Å². The lowest BCUT2D eigenvalue weighted by Crippen LogP contribution is -2.44. The second-order valence-corrected chi connectivity index (χ2v) is 9.42. The molecule has 0 radical (unpaired) electrons. The van der Waals surface area contributed by atoms with Gasteiger partial charge in [-0.1, -0.05) is 30.3 Å². The maximum Gasteiger partial charge on any atom is 0.325 e. The predicted octanol–water partition coefficient (Wildman–Crippen LogP) is 4.22. The van der Waals surface area contributed by atoms with Crippen molar-refractivity contribution in [1.82, 2.24) is 24.6 Å². The standard InChI is InChI=1S/C29H32N6O3/c1-5-38-26(36)18-30-29(37)34-19-24-20(2)31-35(23-10-7-6-8-11-23)28(24)33-17-9-12-25(33)27(34)21-13-15-22(16-14-21)32(3)4/h6-17,27H,5,18-19H2,1-4H3,(H,30,37)/t27-/m1/s1. The van der Waals surface area contributed by atoms with Crippen LogP contribution in [0.15, 0.2) is 72.9 Å². The fourth-order valence-corrected chi connectivity index (χ4v) is 4.92. The molecule has 0 unspecified atom stereocenters. The lowest BCUT2D eigenvalue weighted by atomic mass is 10.0. The fraction of sp³-hybridized carbons (Fsp3) is 0.276. The Morgan fingerprint density at radius 1 is 1.05 bits per heavy atom. The molecule has 2 aromatic carbocycles. The minimum absolute atomic E-state index is 0.203. The summed E-state index contributed by atoms with van der Waals surface area (Å²) in [5.74, 6) is 0.420. The van der Waals surface area contributed by atoms with E-state index in [2.05, 4.69) is 22.0 Å². The number of rotatable bonds is 6. The van der Waals surface area contributed by atoms with E-state index in [0.717, 1.165) is 39.7 Å². The van der Waals surface area contributed by atoms with Gasteiger partial charge in [-0.3, -0.25) is 4.79 Å². The van der Waals surface area contributed by atoms with Gasteiger partial charge in [0.15, 0.2) is 0 Å². The third-order valence-electron chi connectivity index (χ3n) is 6.76. The maximum atomic E-state index is 13.7. The molecule has 4 aromatic rings. The molecule has 1 aliphatic rings. The second-order valence-electron chi connectivity index (χ2n) is 9.42. The molecule has 5 rings (SSSR count). The van der Waals surface area contributed by atoms with Crippen LogP contribution in [0.4, 0.5) is 10.5 Å². The number of amides is 2. The van der Waals surface area contributed by atoms with E-state index in [9.17, 15) is 9.59 Å². The number of carbonyl (C=O) groups is 2. The van der Waals surface area contributed by atoms with Gasteiger partial charge in [0.2, 0.25) is 0 Å². The van der Waals surface area contributed by atoms with Gasteiger partial charge in [-0.15, -0.1) is 0 Å². The van der Waals surface area contributed by atoms with Crippen LogP contribution >= 0.6 is 0 Å². The molecule has 9 nitrogen and oxygen atoms in total. The zero-order chi connectivity index (χ0) is 26.8. The van der Waals surface area contributed by atoms with E-state index in [1.54, 1.807) is 11.8 Å². The average molecular weight is 513 g/mol. The molecule has 0 saturated heterocycles. The summed E-state index contributed by atoms with van der Waals surface area (Å²) in [6.45, 7) is 4.07. The monoisotopic (exact) mass is 512 g/mol. The number of hydrogen-bond donors (Lipinski definition) is 1. The summed E-state index contributed by atoms with van der Waals surface area (Å²) in [6, 6.07) is 21.4. The minimum atomic E-state index is -0.473. The van der Waals surface area contributed by atoms with Crippen LogP contribution in [0.5, 0.6) is 0 Å². The largest absolute Gasteiger partial charge is 0.465 e. The summed E-state index contributed by atoms with van der Waals surface area (Å²) in [4.78, 5) is 29.6. The number of hydrogen-bond acceptors (Lipinski definition) is 5. The van der Waals surface area contributed by atoms with Crippen molar-refractivity contribution in [3.63, 3.8) is 0 Å². The molecule has 9 heteroatoms. The number of carbonyl (C=O) groups excluding carboxylic acids is 2. The quantitative estimate of drug-likeness (QED) is 0.391. The number of nitrogens with one attached hydrogen (secondary N) is 1. The minimum Gasteiger partial charge on any atom is -0.465 e. The molecule has 0 aliphatic carbocycles. The van der Waals surface area contributed by atoms with Gasteiger partial charge in [-0.25, -0.2) is 9.48 Å². The smallest absolute Gasteiger partial charge is 0.325 e. The van der Waals surface area contributed by atoms with Crippen molar-refractivity contribution in [2.45, 2.75) is 26.4 Å². The van der Waals surface area contributed by atoms with Crippen LogP contribution in [0.25, 0.3) is 11.5 Å². The molecule has 1 N–H and O–H groups in total. The number of fused-ring (bicyclic) bond motifs is 3.